The van der Waals surface area contributed by atoms with Crippen LogP contribution in [0.15, 0.2) is 22.7 Å². The Morgan fingerprint density at radius 3 is 2.77 bits per heavy atom. The van der Waals surface area contributed by atoms with Crippen LogP contribution in [0.1, 0.15) is 17.5 Å². The van der Waals surface area contributed by atoms with Gasteiger partial charge in [-0.15, -0.1) is 0 Å². The van der Waals surface area contributed by atoms with Crippen LogP contribution in [0, 0.1) is 18.8 Å². The van der Waals surface area contributed by atoms with Crippen LogP contribution >= 0.6 is 31.9 Å². The van der Waals surface area contributed by atoms with Gasteiger partial charge in [0.2, 0.25) is 0 Å². The molecule has 0 unspecified atom stereocenters. The van der Waals surface area contributed by atoms with Gasteiger partial charge in [-0.05, 0) is 30.7 Å². The Morgan fingerprint density at radius 1 is 1.38 bits per heavy atom. The molecule has 0 N–H and O–H groups in total. The highest BCUT2D eigenvalue weighted by atomic mass is 79.9. The second kappa shape index (κ2) is 5.47. The van der Waals surface area contributed by atoms with E-state index in [-0.39, 0.29) is 0 Å². The molecule has 0 amide bonds. The third-order valence-corrected chi connectivity index (χ3v) is 2.90. The van der Waals surface area contributed by atoms with Crippen LogP contribution < -0.4 is 0 Å². The normalized spacial score (nSPS) is 9.15. The summed E-state index contributed by atoms with van der Waals surface area (Å²) in [5, 5.41) is 0.940. The van der Waals surface area contributed by atoms with Crippen LogP contribution in [0.5, 0.6) is 0 Å². The van der Waals surface area contributed by atoms with Crippen molar-refractivity contribution in [2.24, 2.45) is 0 Å². The SMILES string of the molecule is Cc1cc(C#CCCBr)ccc1Br. The maximum Gasteiger partial charge on any atom is 0.0248 e. The largest absolute Gasteiger partial charge is 0.0970 e. The topological polar surface area (TPSA) is 0 Å². The first-order chi connectivity index (χ1) is 6.24. The molecule has 0 saturated carbocycles. The van der Waals surface area contributed by atoms with E-state index in [9.17, 15) is 0 Å². The molecular formula is C11H10Br2. The lowest BCUT2D eigenvalue weighted by molar-refractivity contribution is 1.32. The summed E-state index contributed by atoms with van der Waals surface area (Å²) in [5.74, 6) is 6.20. The molecule has 0 saturated heterocycles. The lowest BCUT2D eigenvalue weighted by Crippen LogP contribution is -1.79. The standard InChI is InChI=1S/C11H10Br2/c1-9-8-10(4-2-3-7-12)5-6-11(9)13/h5-6,8H,3,7H2,1H3. The molecule has 2 heteroatoms. The zero-order valence-corrected chi connectivity index (χ0v) is 10.6. The van der Waals surface area contributed by atoms with E-state index >= 15 is 0 Å². The van der Waals surface area contributed by atoms with Crippen molar-refractivity contribution in [3.63, 3.8) is 0 Å². The van der Waals surface area contributed by atoms with Crippen molar-refractivity contribution >= 4 is 31.9 Å². The fourth-order valence-electron chi connectivity index (χ4n) is 0.934. The molecule has 0 heterocycles. The van der Waals surface area contributed by atoms with Crippen molar-refractivity contribution in [3.05, 3.63) is 33.8 Å². The molecule has 0 fully saturated rings. The van der Waals surface area contributed by atoms with E-state index in [4.69, 9.17) is 0 Å². The summed E-state index contributed by atoms with van der Waals surface area (Å²) in [4.78, 5) is 0. The second-order valence-corrected chi connectivity index (χ2v) is 4.35. The van der Waals surface area contributed by atoms with Crippen molar-refractivity contribution in [2.75, 3.05) is 5.33 Å². The maximum atomic E-state index is 3.46. The number of rotatable bonds is 1. The van der Waals surface area contributed by atoms with Crippen molar-refractivity contribution < 1.29 is 0 Å². The molecule has 1 rings (SSSR count). The van der Waals surface area contributed by atoms with Crippen LogP contribution in [0.2, 0.25) is 0 Å². The van der Waals surface area contributed by atoms with E-state index in [1.54, 1.807) is 0 Å². The first kappa shape index (κ1) is 10.8. The van der Waals surface area contributed by atoms with Crippen LogP contribution in [-0.2, 0) is 0 Å². The van der Waals surface area contributed by atoms with Gasteiger partial charge in [0.05, 0.1) is 0 Å². The smallest absolute Gasteiger partial charge is 0.0248 e. The van der Waals surface area contributed by atoms with Gasteiger partial charge in [0.1, 0.15) is 0 Å². The first-order valence-electron chi connectivity index (χ1n) is 4.05. The minimum atomic E-state index is 0.898. The molecule has 13 heavy (non-hydrogen) atoms. The maximum absolute atomic E-state index is 3.46. The van der Waals surface area contributed by atoms with Crippen molar-refractivity contribution in [1.82, 2.24) is 0 Å². The van der Waals surface area contributed by atoms with E-state index in [1.807, 2.05) is 12.1 Å². The zero-order valence-electron chi connectivity index (χ0n) is 7.40. The van der Waals surface area contributed by atoms with Gasteiger partial charge in [0.15, 0.2) is 0 Å². The highest BCUT2D eigenvalue weighted by Crippen LogP contribution is 2.16. The molecule has 0 spiro atoms. The third kappa shape index (κ3) is 3.54. The molecule has 0 aliphatic rings. The molecule has 1 aromatic rings. The van der Waals surface area contributed by atoms with Gasteiger partial charge >= 0.3 is 0 Å². The Balaban J connectivity index is 2.81. The van der Waals surface area contributed by atoms with Gasteiger partial charge < -0.3 is 0 Å². The summed E-state index contributed by atoms with van der Waals surface area (Å²) in [6.45, 7) is 2.07. The Morgan fingerprint density at radius 2 is 2.15 bits per heavy atom. The van der Waals surface area contributed by atoms with Gasteiger partial charge in [0.25, 0.3) is 0 Å². The lowest BCUT2D eigenvalue weighted by atomic mass is 10.1. The lowest BCUT2D eigenvalue weighted by Gasteiger charge is -1.96. The van der Waals surface area contributed by atoms with Crippen LogP contribution in [-0.4, -0.2) is 5.33 Å². The van der Waals surface area contributed by atoms with Gasteiger partial charge in [-0.3, -0.25) is 0 Å². The summed E-state index contributed by atoms with van der Waals surface area (Å²) < 4.78 is 1.14. The molecule has 0 aliphatic heterocycles. The minimum absolute atomic E-state index is 0.898. The Bertz CT molecular complexity index is 345. The van der Waals surface area contributed by atoms with Gasteiger partial charge in [0, 0.05) is 21.8 Å². The number of alkyl halides is 1. The highest BCUT2D eigenvalue weighted by Gasteiger charge is 1.93. The van der Waals surface area contributed by atoms with Crippen molar-refractivity contribution in [1.29, 1.82) is 0 Å². The van der Waals surface area contributed by atoms with Crippen molar-refractivity contribution in [2.45, 2.75) is 13.3 Å². The fraction of sp³-hybridized carbons (Fsp3) is 0.273. The number of halogens is 2. The van der Waals surface area contributed by atoms with E-state index in [0.29, 0.717) is 0 Å². The first-order valence-corrected chi connectivity index (χ1v) is 5.96. The summed E-state index contributed by atoms with van der Waals surface area (Å²) in [7, 11) is 0. The Hall–Kier alpha value is -0.260. The predicted molar refractivity (Wildman–Crippen MR) is 64.2 cm³/mol. The number of benzene rings is 1. The predicted octanol–water partition coefficient (Wildman–Crippen LogP) is 3.89. The zero-order chi connectivity index (χ0) is 9.68. The molecule has 1 aromatic carbocycles. The van der Waals surface area contributed by atoms with E-state index in [0.717, 1.165) is 21.8 Å². The van der Waals surface area contributed by atoms with E-state index < -0.39 is 0 Å². The van der Waals surface area contributed by atoms with Crippen molar-refractivity contribution in [3.8, 4) is 11.8 Å². The number of hydrogen-bond donors (Lipinski definition) is 0. The molecule has 0 radical (unpaired) electrons. The summed E-state index contributed by atoms with van der Waals surface area (Å²) in [5.41, 5.74) is 2.31. The highest BCUT2D eigenvalue weighted by molar-refractivity contribution is 9.10. The number of aryl methyl sites for hydroxylation is 1. The molecule has 0 atom stereocenters. The van der Waals surface area contributed by atoms with Crippen LogP contribution in [0.3, 0.4) is 0 Å². The molecule has 0 aromatic heterocycles. The molecule has 0 aliphatic carbocycles. The number of hydrogen-bond acceptors (Lipinski definition) is 0. The molecule has 0 bridgehead atoms. The quantitative estimate of drug-likeness (QED) is 0.545. The Kier molecular flexibility index (Phi) is 4.55. The van der Waals surface area contributed by atoms with Crippen LogP contribution in [0.4, 0.5) is 0 Å². The monoisotopic (exact) mass is 300 g/mol. The summed E-state index contributed by atoms with van der Waals surface area (Å²) >= 11 is 6.79. The molecule has 0 nitrogen and oxygen atoms in total. The van der Waals surface area contributed by atoms with E-state index in [1.165, 1.54) is 5.56 Å². The van der Waals surface area contributed by atoms with Crippen LogP contribution in [0.25, 0.3) is 0 Å². The summed E-state index contributed by atoms with van der Waals surface area (Å²) in [6, 6.07) is 6.15. The minimum Gasteiger partial charge on any atom is -0.0970 e. The average Bonchev–Trinajstić information content (AvgIpc) is 2.12. The van der Waals surface area contributed by atoms with Gasteiger partial charge in [-0.25, -0.2) is 0 Å². The Labute approximate surface area is 96.0 Å². The molecular weight excluding hydrogens is 292 g/mol. The van der Waals surface area contributed by atoms with Gasteiger partial charge in [-0.2, -0.15) is 0 Å². The second-order valence-electron chi connectivity index (χ2n) is 2.70. The van der Waals surface area contributed by atoms with Gasteiger partial charge in [-0.1, -0.05) is 43.7 Å². The average molecular weight is 302 g/mol. The molecule has 68 valence electrons. The summed E-state index contributed by atoms with van der Waals surface area (Å²) in [6.07, 6.45) is 0.898. The van der Waals surface area contributed by atoms with E-state index in [2.05, 4.69) is 56.7 Å². The third-order valence-electron chi connectivity index (χ3n) is 1.61. The fourth-order valence-corrected chi connectivity index (χ4v) is 1.38.